The Kier molecular flexibility index (Phi) is 11.1. The van der Waals surface area contributed by atoms with Crippen LogP contribution in [0.25, 0.3) is 0 Å². The fourth-order valence-corrected chi connectivity index (χ4v) is 18.6. The molecule has 4 aliphatic carbocycles. The minimum Gasteiger partial charge on any atom is -0.489 e. The highest BCUT2D eigenvalue weighted by molar-refractivity contribution is 7.67. The van der Waals surface area contributed by atoms with Gasteiger partial charge in [0.15, 0.2) is 0 Å². The third-order valence-electron chi connectivity index (χ3n) is 13.1. The Morgan fingerprint density at radius 2 is 0.723 bits per heavy atom. The smallest absolute Gasteiger partial charge is 0.130 e. The van der Waals surface area contributed by atoms with E-state index >= 15 is 0 Å². The lowest BCUT2D eigenvalue weighted by molar-refractivity contribution is 0.189. The topological polar surface area (TPSA) is 18.5 Å². The molecule has 2 unspecified atom stereocenters. The number of hydrogen-bond donors (Lipinski definition) is 0. The molecule has 0 saturated heterocycles. The van der Waals surface area contributed by atoms with Crippen molar-refractivity contribution in [1.82, 2.24) is 0 Å². The highest BCUT2D eigenvalue weighted by Crippen LogP contribution is 2.58. The molecule has 2 aromatic rings. The van der Waals surface area contributed by atoms with E-state index in [1.54, 1.807) is 10.6 Å². The van der Waals surface area contributed by atoms with Crippen molar-refractivity contribution in [3.8, 4) is 11.5 Å². The number of benzene rings is 2. The molecule has 2 atom stereocenters. The third kappa shape index (κ3) is 7.51. The van der Waals surface area contributed by atoms with E-state index in [2.05, 4.69) is 36.4 Å². The second-order valence-corrected chi connectivity index (χ2v) is 21.8. The molecule has 4 saturated carbocycles. The van der Waals surface area contributed by atoms with Crippen LogP contribution in [0.4, 0.5) is 0 Å². The molecule has 2 aromatic carbocycles. The lowest BCUT2D eigenvalue weighted by Crippen LogP contribution is -2.32. The zero-order valence-corrected chi connectivity index (χ0v) is 31.1. The summed E-state index contributed by atoms with van der Waals surface area (Å²) in [7, 11) is -0.411. The van der Waals surface area contributed by atoms with Crippen molar-refractivity contribution >= 4 is 26.5 Å². The van der Waals surface area contributed by atoms with Crippen LogP contribution >= 0.6 is 15.8 Å². The second-order valence-electron chi connectivity index (χ2n) is 16.3. The second kappa shape index (κ2) is 15.8. The Bertz CT molecular complexity index is 1170. The molecule has 0 aromatic heterocycles. The first kappa shape index (κ1) is 33.1. The number of ether oxygens (including phenoxy) is 2. The fourth-order valence-electron chi connectivity index (χ4n) is 10.8. The molecule has 0 radical (unpaired) electrons. The van der Waals surface area contributed by atoms with E-state index in [-0.39, 0.29) is 28.1 Å². The van der Waals surface area contributed by atoms with Crippen molar-refractivity contribution in [1.29, 1.82) is 0 Å². The van der Waals surface area contributed by atoms with E-state index in [1.165, 1.54) is 157 Å². The minimum atomic E-state index is -0.205. The maximum absolute atomic E-state index is 7.49. The van der Waals surface area contributed by atoms with Gasteiger partial charge in [0.2, 0.25) is 0 Å². The van der Waals surface area contributed by atoms with Crippen LogP contribution in [0.5, 0.6) is 11.5 Å². The van der Waals surface area contributed by atoms with Gasteiger partial charge in [0.25, 0.3) is 0 Å². The zero-order chi connectivity index (χ0) is 31.4. The first-order valence-electron chi connectivity index (χ1n) is 20.5. The Morgan fingerprint density at radius 1 is 0.383 bits per heavy atom. The van der Waals surface area contributed by atoms with E-state index < -0.39 is 0 Å². The molecule has 4 fully saturated rings. The van der Waals surface area contributed by atoms with Crippen LogP contribution in [0.3, 0.4) is 0 Å². The summed E-state index contributed by atoms with van der Waals surface area (Å²) in [6.07, 6.45) is 34.9. The zero-order valence-electron chi connectivity index (χ0n) is 29.3. The monoisotopic (exact) mass is 672 g/mol. The van der Waals surface area contributed by atoms with Crippen LogP contribution < -0.4 is 20.1 Å². The number of hydrogen-bond acceptors (Lipinski definition) is 2. The fraction of sp³-hybridized carbons (Fsp3) is 0.721. The predicted octanol–water partition coefficient (Wildman–Crippen LogP) is 11.7. The van der Waals surface area contributed by atoms with E-state index in [9.17, 15) is 0 Å². The molecular weight excluding hydrogens is 610 g/mol. The molecule has 0 spiro atoms. The van der Waals surface area contributed by atoms with E-state index in [0.29, 0.717) is 0 Å². The lowest BCUT2D eigenvalue weighted by Gasteiger charge is -2.40. The summed E-state index contributed by atoms with van der Waals surface area (Å²) in [6, 6.07) is 14.8. The summed E-state index contributed by atoms with van der Waals surface area (Å²) in [6.45, 7) is 0. The highest BCUT2D eigenvalue weighted by atomic mass is 31.1. The lowest BCUT2D eigenvalue weighted by atomic mass is 9.99. The van der Waals surface area contributed by atoms with Crippen molar-refractivity contribution in [2.24, 2.45) is 0 Å². The summed E-state index contributed by atoms with van der Waals surface area (Å²) < 4.78 is 15.0. The van der Waals surface area contributed by atoms with E-state index in [0.717, 1.165) is 48.3 Å². The first-order valence-corrected chi connectivity index (χ1v) is 23.4. The number of para-hydroxylation sites is 2. The molecule has 4 heteroatoms. The maximum atomic E-state index is 7.49. The Labute approximate surface area is 289 Å². The first-order chi connectivity index (χ1) is 23.3. The summed E-state index contributed by atoms with van der Waals surface area (Å²) in [4.78, 5) is 0. The molecule has 8 rings (SSSR count). The van der Waals surface area contributed by atoms with Gasteiger partial charge in [-0.25, -0.2) is 0 Å². The predicted molar refractivity (Wildman–Crippen MR) is 204 cm³/mol. The van der Waals surface area contributed by atoms with Gasteiger partial charge in [-0.1, -0.05) is 129 Å². The Morgan fingerprint density at radius 3 is 1.06 bits per heavy atom. The molecule has 2 bridgehead atoms. The van der Waals surface area contributed by atoms with Crippen LogP contribution in [-0.4, -0.2) is 34.8 Å². The van der Waals surface area contributed by atoms with Gasteiger partial charge in [-0.3, -0.25) is 0 Å². The van der Waals surface area contributed by atoms with Gasteiger partial charge in [-0.2, -0.15) is 0 Å². The van der Waals surface area contributed by atoms with Gasteiger partial charge in [0.1, 0.15) is 23.7 Å². The van der Waals surface area contributed by atoms with Gasteiger partial charge in [0.05, 0.1) is 0 Å². The van der Waals surface area contributed by atoms with Crippen molar-refractivity contribution in [3.63, 3.8) is 0 Å². The van der Waals surface area contributed by atoms with Crippen LogP contribution in [0, 0.1) is 0 Å². The standard InChI is InChI=1S/C43H62O2P2/c1-5-20-36(21-6-1)46(37-22-7-2-8-23-37)40-28-13-16-32-30-35-19-15-18-34(44-42(32)40)31-33-17-14-29-41(43(33)45-35)47(38-24-9-3-10-25-38)39-26-11-4-12-27-39/h13-14,16-17,28-29,34-39H,1-12,15,18-27,30-31H2. The quantitative estimate of drug-likeness (QED) is 0.284. The minimum absolute atomic E-state index is 0.205. The molecular formula is C43H62O2P2. The maximum Gasteiger partial charge on any atom is 0.130 e. The molecule has 2 nitrogen and oxygen atoms in total. The summed E-state index contributed by atoms with van der Waals surface area (Å²) in [5.74, 6) is 2.64. The van der Waals surface area contributed by atoms with Crippen molar-refractivity contribution in [2.45, 2.75) is 195 Å². The van der Waals surface area contributed by atoms with Gasteiger partial charge in [0, 0.05) is 23.5 Å². The van der Waals surface area contributed by atoms with Crippen molar-refractivity contribution in [3.05, 3.63) is 47.5 Å². The normalized spacial score (nSPS) is 27.1. The molecule has 47 heavy (non-hydrogen) atoms. The number of rotatable bonds is 6. The van der Waals surface area contributed by atoms with Crippen molar-refractivity contribution in [2.75, 3.05) is 0 Å². The number of fused-ring (bicyclic) bond motifs is 6. The van der Waals surface area contributed by atoms with Crippen LogP contribution in [0.15, 0.2) is 36.4 Å². The largest absolute Gasteiger partial charge is 0.489 e. The molecule has 256 valence electrons. The SMILES string of the molecule is c1cc2c(c(P(C3CCCCC3)C3CCCCC3)c1)OC1CCCC(C2)Oc2c(cccc2P(C2CCCCC2)C2CCCCC2)C1. The van der Waals surface area contributed by atoms with Gasteiger partial charge >= 0.3 is 0 Å². The van der Waals surface area contributed by atoms with Gasteiger partial charge in [-0.05, 0) is 104 Å². The summed E-state index contributed by atoms with van der Waals surface area (Å²) >= 11 is 0. The van der Waals surface area contributed by atoms with E-state index in [1.807, 2.05) is 0 Å². The summed E-state index contributed by atoms with van der Waals surface area (Å²) in [5.41, 5.74) is 6.49. The average Bonchev–Trinajstić information content (AvgIpc) is 3.27. The average molecular weight is 673 g/mol. The van der Waals surface area contributed by atoms with Gasteiger partial charge in [-0.15, -0.1) is 0 Å². The molecule has 2 heterocycles. The van der Waals surface area contributed by atoms with Crippen LogP contribution in [0.2, 0.25) is 0 Å². The molecule has 6 aliphatic rings. The van der Waals surface area contributed by atoms with Gasteiger partial charge < -0.3 is 9.47 Å². The molecule has 0 N–H and O–H groups in total. The Hall–Kier alpha value is -1.10. The highest BCUT2D eigenvalue weighted by Gasteiger charge is 2.38. The van der Waals surface area contributed by atoms with E-state index in [4.69, 9.17) is 9.47 Å². The molecule has 0 amide bonds. The third-order valence-corrected chi connectivity index (χ3v) is 20.1. The van der Waals surface area contributed by atoms with Crippen LogP contribution in [0.1, 0.15) is 159 Å². The molecule has 2 aliphatic heterocycles. The Balaban J connectivity index is 1.16. The summed E-state index contributed by atoms with van der Waals surface area (Å²) in [5, 5.41) is 3.30. The van der Waals surface area contributed by atoms with Crippen LogP contribution in [-0.2, 0) is 12.8 Å². The van der Waals surface area contributed by atoms with Crippen molar-refractivity contribution < 1.29 is 9.47 Å².